The molecule has 3 rings (SSSR count). The molecule has 1 N–H and O–H groups in total. The van der Waals surface area contributed by atoms with Gasteiger partial charge in [0, 0.05) is 19.3 Å². The first kappa shape index (κ1) is 26.0. The molecule has 2 amide bonds. The fraction of sp³-hybridized carbons (Fsp3) is 0.333. The van der Waals surface area contributed by atoms with Crippen molar-refractivity contribution in [1.82, 2.24) is 5.32 Å². The van der Waals surface area contributed by atoms with Gasteiger partial charge in [-0.2, -0.15) is 0 Å². The quantitative estimate of drug-likeness (QED) is 0.235. The molecule has 3 aromatic carbocycles. The van der Waals surface area contributed by atoms with Gasteiger partial charge in [0.15, 0.2) is 0 Å². The predicted octanol–water partition coefficient (Wildman–Crippen LogP) is 7.31. The number of nitrogens with one attached hydrogen (secondary N) is 1. The highest BCUT2D eigenvalue weighted by molar-refractivity contribution is 5.97. The standard InChI is InChI=1S/C30H36N2O3/c1-4-6-7-8-11-21-31-30(34)32(3)26-14-12-13-25(22-26)23-17-19-24(20-18-23)27-15-9-10-16-28(27)29(33)35-5-2/h9-10,12-20,22H,4-8,11,21H2,1-3H3,(H,31,34). The van der Waals surface area contributed by atoms with Crippen LogP contribution in [-0.4, -0.2) is 32.2 Å². The molecule has 5 nitrogen and oxygen atoms in total. The second-order valence-corrected chi connectivity index (χ2v) is 8.60. The lowest BCUT2D eigenvalue weighted by Gasteiger charge is -2.19. The first-order valence-corrected chi connectivity index (χ1v) is 12.5. The van der Waals surface area contributed by atoms with Gasteiger partial charge in [-0.3, -0.25) is 4.90 Å². The van der Waals surface area contributed by atoms with Crippen molar-refractivity contribution >= 4 is 17.7 Å². The predicted molar refractivity (Wildman–Crippen MR) is 144 cm³/mol. The lowest BCUT2D eigenvalue weighted by atomic mass is 9.97. The number of benzene rings is 3. The summed E-state index contributed by atoms with van der Waals surface area (Å²) in [7, 11) is 1.79. The van der Waals surface area contributed by atoms with Gasteiger partial charge >= 0.3 is 12.0 Å². The summed E-state index contributed by atoms with van der Waals surface area (Å²) >= 11 is 0. The molecule has 3 aromatic rings. The molecule has 0 fully saturated rings. The zero-order valence-corrected chi connectivity index (χ0v) is 21.0. The van der Waals surface area contributed by atoms with Crippen LogP contribution in [0.1, 0.15) is 56.3 Å². The second-order valence-electron chi connectivity index (χ2n) is 8.60. The normalized spacial score (nSPS) is 10.6. The van der Waals surface area contributed by atoms with Crippen molar-refractivity contribution in [3.05, 3.63) is 78.4 Å². The molecule has 0 spiro atoms. The summed E-state index contributed by atoms with van der Waals surface area (Å²) < 4.78 is 5.21. The SMILES string of the molecule is CCCCCCCNC(=O)N(C)c1cccc(-c2ccc(-c3ccccc3C(=O)OCC)cc2)c1. The number of carbonyl (C=O) groups is 2. The lowest BCUT2D eigenvalue weighted by molar-refractivity contribution is 0.0527. The third kappa shape index (κ3) is 7.19. The highest BCUT2D eigenvalue weighted by Gasteiger charge is 2.14. The van der Waals surface area contributed by atoms with Gasteiger partial charge in [0.1, 0.15) is 0 Å². The molecular formula is C30H36N2O3. The summed E-state index contributed by atoms with van der Waals surface area (Å²) in [6.07, 6.45) is 5.84. The smallest absolute Gasteiger partial charge is 0.338 e. The van der Waals surface area contributed by atoms with E-state index in [0.717, 1.165) is 40.8 Å². The van der Waals surface area contributed by atoms with Crippen LogP contribution in [0.25, 0.3) is 22.3 Å². The molecule has 0 bridgehead atoms. The fourth-order valence-corrected chi connectivity index (χ4v) is 4.02. The number of amides is 2. The minimum absolute atomic E-state index is 0.0939. The highest BCUT2D eigenvalue weighted by atomic mass is 16.5. The molecule has 0 saturated heterocycles. The molecule has 184 valence electrons. The van der Waals surface area contributed by atoms with Crippen molar-refractivity contribution in [3.63, 3.8) is 0 Å². The van der Waals surface area contributed by atoms with Crippen molar-refractivity contribution < 1.29 is 14.3 Å². The van der Waals surface area contributed by atoms with Gasteiger partial charge in [-0.1, -0.05) is 87.2 Å². The van der Waals surface area contributed by atoms with E-state index in [1.54, 1.807) is 24.9 Å². The Morgan fingerprint density at radius 3 is 2.26 bits per heavy atom. The van der Waals surface area contributed by atoms with Crippen LogP contribution in [0, 0.1) is 0 Å². The number of urea groups is 1. The third-order valence-electron chi connectivity index (χ3n) is 6.05. The number of hydrogen-bond donors (Lipinski definition) is 1. The van der Waals surface area contributed by atoms with Crippen molar-refractivity contribution in [1.29, 1.82) is 0 Å². The molecule has 0 heterocycles. The van der Waals surface area contributed by atoms with Gasteiger partial charge in [-0.25, -0.2) is 9.59 Å². The average Bonchev–Trinajstić information content (AvgIpc) is 2.90. The number of hydrogen-bond acceptors (Lipinski definition) is 3. The summed E-state index contributed by atoms with van der Waals surface area (Å²) in [5.41, 5.74) is 5.24. The number of ether oxygens (including phenoxy) is 1. The molecule has 0 unspecified atom stereocenters. The van der Waals surface area contributed by atoms with Crippen molar-refractivity contribution in [3.8, 4) is 22.3 Å². The minimum Gasteiger partial charge on any atom is -0.462 e. The maximum atomic E-state index is 12.6. The summed E-state index contributed by atoms with van der Waals surface area (Å²) in [5.74, 6) is -0.317. The van der Waals surface area contributed by atoms with E-state index in [0.29, 0.717) is 18.7 Å². The van der Waals surface area contributed by atoms with Gasteiger partial charge in [0.25, 0.3) is 0 Å². The number of rotatable bonds is 11. The second kappa shape index (κ2) is 13.3. The lowest BCUT2D eigenvalue weighted by Crippen LogP contribution is -2.37. The molecule has 0 saturated carbocycles. The summed E-state index contributed by atoms with van der Waals surface area (Å²) in [6.45, 7) is 5.04. The largest absolute Gasteiger partial charge is 0.462 e. The maximum Gasteiger partial charge on any atom is 0.338 e. The monoisotopic (exact) mass is 472 g/mol. The highest BCUT2D eigenvalue weighted by Crippen LogP contribution is 2.29. The van der Waals surface area contributed by atoms with Crippen molar-refractivity contribution in [2.75, 3.05) is 25.1 Å². The van der Waals surface area contributed by atoms with Gasteiger partial charge < -0.3 is 10.1 Å². The molecule has 0 aliphatic rings. The summed E-state index contributed by atoms with van der Waals surface area (Å²) in [6, 6.07) is 23.4. The number of nitrogens with zero attached hydrogens (tertiary/aromatic N) is 1. The van der Waals surface area contributed by atoms with Crippen LogP contribution in [-0.2, 0) is 4.74 Å². The van der Waals surface area contributed by atoms with E-state index < -0.39 is 0 Å². The molecule has 0 aliphatic heterocycles. The molecule has 35 heavy (non-hydrogen) atoms. The van der Waals surface area contributed by atoms with Gasteiger partial charge in [-0.05, 0) is 53.8 Å². The molecule has 5 heteroatoms. The zero-order valence-electron chi connectivity index (χ0n) is 21.0. The zero-order chi connectivity index (χ0) is 25.0. The molecule has 0 radical (unpaired) electrons. The Hall–Kier alpha value is -3.60. The Morgan fingerprint density at radius 2 is 1.51 bits per heavy atom. The van der Waals surface area contributed by atoms with E-state index in [1.807, 2.05) is 66.7 Å². The first-order chi connectivity index (χ1) is 17.0. The van der Waals surface area contributed by atoms with E-state index in [4.69, 9.17) is 4.74 Å². The molecule has 0 aliphatic carbocycles. The summed E-state index contributed by atoms with van der Waals surface area (Å²) in [5, 5.41) is 3.02. The van der Waals surface area contributed by atoms with E-state index in [-0.39, 0.29) is 12.0 Å². The van der Waals surface area contributed by atoms with E-state index >= 15 is 0 Å². The van der Waals surface area contributed by atoms with Crippen LogP contribution >= 0.6 is 0 Å². The Morgan fingerprint density at radius 1 is 0.800 bits per heavy atom. The van der Waals surface area contributed by atoms with Crippen molar-refractivity contribution in [2.45, 2.75) is 46.0 Å². The van der Waals surface area contributed by atoms with Crippen LogP contribution in [0.2, 0.25) is 0 Å². The molecule has 0 aromatic heterocycles. The van der Waals surface area contributed by atoms with Crippen LogP contribution in [0.3, 0.4) is 0 Å². The third-order valence-corrected chi connectivity index (χ3v) is 6.05. The average molecular weight is 473 g/mol. The number of carbonyl (C=O) groups excluding carboxylic acids is 2. The van der Waals surface area contributed by atoms with Crippen LogP contribution in [0.4, 0.5) is 10.5 Å². The first-order valence-electron chi connectivity index (χ1n) is 12.5. The Kier molecular flexibility index (Phi) is 9.91. The molecule has 0 atom stereocenters. The van der Waals surface area contributed by atoms with Crippen LogP contribution in [0.5, 0.6) is 0 Å². The van der Waals surface area contributed by atoms with E-state index in [2.05, 4.69) is 12.2 Å². The van der Waals surface area contributed by atoms with Crippen molar-refractivity contribution in [2.24, 2.45) is 0 Å². The number of unbranched alkanes of at least 4 members (excludes halogenated alkanes) is 4. The Balaban J connectivity index is 1.69. The van der Waals surface area contributed by atoms with Crippen LogP contribution < -0.4 is 10.2 Å². The Labute approximate surface area is 209 Å². The summed E-state index contributed by atoms with van der Waals surface area (Å²) in [4.78, 5) is 26.6. The van der Waals surface area contributed by atoms with Crippen LogP contribution in [0.15, 0.2) is 72.8 Å². The number of esters is 1. The topological polar surface area (TPSA) is 58.6 Å². The molecular weight excluding hydrogens is 436 g/mol. The van der Waals surface area contributed by atoms with Gasteiger partial charge in [0.05, 0.1) is 12.2 Å². The van der Waals surface area contributed by atoms with E-state index in [9.17, 15) is 9.59 Å². The van der Waals surface area contributed by atoms with E-state index in [1.165, 1.54) is 19.3 Å². The van der Waals surface area contributed by atoms with Gasteiger partial charge in [0.2, 0.25) is 0 Å². The Bertz CT molecular complexity index is 1110. The minimum atomic E-state index is -0.317. The number of anilines is 1. The van der Waals surface area contributed by atoms with Gasteiger partial charge in [-0.15, -0.1) is 0 Å². The fourth-order valence-electron chi connectivity index (χ4n) is 4.02. The maximum absolute atomic E-state index is 12.6.